The third-order valence-electron chi connectivity index (χ3n) is 4.79. The Morgan fingerprint density at radius 2 is 1.72 bits per heavy atom. The molecule has 154 valence electrons. The number of aliphatic hydroxyl groups is 1. The maximum absolute atomic E-state index is 11.0. The molecular weight excluding hydrogens is 396 g/mol. The molecule has 0 spiro atoms. The lowest BCUT2D eigenvalue weighted by Gasteiger charge is -2.46. The number of ether oxygens (including phenoxy) is 6. The molecule has 7 nitrogen and oxygen atoms in total. The number of benzene rings is 2. The summed E-state index contributed by atoms with van der Waals surface area (Å²) in [7, 11) is 1.46. The smallest absolute Gasteiger partial charge is 0.358 e. The summed E-state index contributed by atoms with van der Waals surface area (Å²) >= 11 is 5.18. The van der Waals surface area contributed by atoms with Crippen LogP contribution >= 0.6 is 12.2 Å². The minimum Gasteiger partial charge on any atom is -0.445 e. The van der Waals surface area contributed by atoms with E-state index in [1.807, 2.05) is 48.5 Å². The lowest BCUT2D eigenvalue weighted by Crippen LogP contribution is -2.63. The van der Waals surface area contributed by atoms with E-state index >= 15 is 0 Å². The number of para-hydroxylation sites is 1. The summed E-state index contributed by atoms with van der Waals surface area (Å²) in [5.41, 5.74) is 0.854. The molecule has 2 aliphatic heterocycles. The number of thiocarbonyl (C=S) groups is 1. The molecule has 29 heavy (non-hydrogen) atoms. The first-order valence-electron chi connectivity index (χ1n) is 9.27. The molecule has 8 heteroatoms. The number of aliphatic hydroxyl groups excluding tert-OH is 1. The summed E-state index contributed by atoms with van der Waals surface area (Å²) in [6, 6.07) is 18.5. The van der Waals surface area contributed by atoms with Crippen molar-refractivity contribution >= 4 is 17.5 Å². The fraction of sp³-hybridized carbons (Fsp3) is 0.381. The molecule has 2 aromatic carbocycles. The van der Waals surface area contributed by atoms with E-state index in [2.05, 4.69) is 0 Å². The second-order valence-electron chi connectivity index (χ2n) is 6.69. The molecule has 2 fully saturated rings. The molecule has 0 saturated carbocycles. The van der Waals surface area contributed by atoms with Gasteiger partial charge in [0.25, 0.3) is 0 Å². The highest BCUT2D eigenvalue weighted by Gasteiger charge is 2.51. The van der Waals surface area contributed by atoms with Gasteiger partial charge in [0.05, 0.1) is 6.61 Å². The monoisotopic (exact) mass is 418 g/mol. The molecular formula is C21H22O7S. The highest BCUT2D eigenvalue weighted by atomic mass is 32.1. The molecule has 0 aromatic heterocycles. The van der Waals surface area contributed by atoms with Crippen molar-refractivity contribution in [3.63, 3.8) is 0 Å². The average molecular weight is 418 g/mol. The number of hydrogen-bond acceptors (Lipinski definition) is 8. The molecule has 2 aromatic rings. The number of hydrogen-bond donors (Lipinski definition) is 1. The zero-order chi connectivity index (χ0) is 20.2. The second kappa shape index (κ2) is 9.17. The van der Waals surface area contributed by atoms with E-state index < -0.39 is 37.0 Å². The normalized spacial score (nSPS) is 31.5. The summed E-state index contributed by atoms with van der Waals surface area (Å²) in [6.45, 7) is 0.249. The fourth-order valence-corrected chi connectivity index (χ4v) is 3.59. The van der Waals surface area contributed by atoms with Crippen LogP contribution in [0.2, 0.25) is 0 Å². The SMILES string of the molecule is CO[C@H]1O[C@@H]2COC(c3ccccc3)O[C@H]2[C@H](O)[C@H]1OC(=S)Oc1ccccc1. The maximum atomic E-state index is 11.0. The predicted molar refractivity (Wildman–Crippen MR) is 106 cm³/mol. The van der Waals surface area contributed by atoms with Crippen LogP contribution in [0.4, 0.5) is 0 Å². The van der Waals surface area contributed by atoms with E-state index in [4.69, 9.17) is 40.6 Å². The lowest BCUT2D eigenvalue weighted by atomic mass is 9.97. The molecule has 0 radical (unpaired) electrons. The summed E-state index contributed by atoms with van der Waals surface area (Å²) in [4.78, 5) is 0. The van der Waals surface area contributed by atoms with Gasteiger partial charge in [0.1, 0.15) is 24.1 Å². The quantitative estimate of drug-likeness (QED) is 0.760. The van der Waals surface area contributed by atoms with E-state index in [-0.39, 0.29) is 11.8 Å². The number of methoxy groups -OCH3 is 1. The fourth-order valence-electron chi connectivity index (χ4n) is 3.38. The molecule has 1 N–H and O–H groups in total. The summed E-state index contributed by atoms with van der Waals surface area (Å²) < 4.78 is 34.2. The molecule has 0 aliphatic carbocycles. The highest BCUT2D eigenvalue weighted by molar-refractivity contribution is 7.79. The average Bonchev–Trinajstić information content (AvgIpc) is 2.76. The maximum Gasteiger partial charge on any atom is 0.358 e. The van der Waals surface area contributed by atoms with Crippen LogP contribution in [0.15, 0.2) is 60.7 Å². The van der Waals surface area contributed by atoms with Gasteiger partial charge in [-0.25, -0.2) is 0 Å². The molecule has 2 saturated heterocycles. The van der Waals surface area contributed by atoms with Crippen LogP contribution in [-0.4, -0.2) is 54.8 Å². The molecule has 2 aliphatic rings. The highest BCUT2D eigenvalue weighted by Crippen LogP contribution is 2.35. The number of fused-ring (bicyclic) bond motifs is 1. The van der Waals surface area contributed by atoms with Gasteiger partial charge in [0, 0.05) is 24.9 Å². The van der Waals surface area contributed by atoms with E-state index in [1.165, 1.54) is 7.11 Å². The van der Waals surface area contributed by atoms with Crippen LogP contribution in [0.3, 0.4) is 0 Å². The van der Waals surface area contributed by atoms with Crippen molar-refractivity contribution in [1.29, 1.82) is 0 Å². The van der Waals surface area contributed by atoms with Gasteiger partial charge in [-0.2, -0.15) is 0 Å². The van der Waals surface area contributed by atoms with E-state index in [0.717, 1.165) is 5.56 Å². The lowest BCUT2D eigenvalue weighted by molar-refractivity contribution is -0.356. The van der Waals surface area contributed by atoms with Gasteiger partial charge in [-0.3, -0.25) is 0 Å². The van der Waals surface area contributed by atoms with Crippen molar-refractivity contribution < 1.29 is 33.5 Å². The van der Waals surface area contributed by atoms with Gasteiger partial charge in [0.15, 0.2) is 18.7 Å². The van der Waals surface area contributed by atoms with E-state index in [1.54, 1.807) is 12.1 Å². The Kier molecular flexibility index (Phi) is 6.39. The van der Waals surface area contributed by atoms with Crippen LogP contribution in [0.5, 0.6) is 5.75 Å². The van der Waals surface area contributed by atoms with Crippen LogP contribution in [0, 0.1) is 0 Å². The standard InChI is InChI=1S/C21H22O7S/c1-23-20-18(28-21(29)25-14-10-6-3-7-11-14)16(22)17-15(26-20)12-24-19(27-17)13-8-4-2-5-9-13/h2-11,15-20,22H,12H2,1H3/t15-,16+,17-,18-,19?,20+/m1/s1. The number of rotatable bonds is 4. The van der Waals surface area contributed by atoms with Crippen molar-refractivity contribution in [2.75, 3.05) is 13.7 Å². The van der Waals surface area contributed by atoms with Gasteiger partial charge < -0.3 is 33.5 Å². The van der Waals surface area contributed by atoms with Gasteiger partial charge in [-0.1, -0.05) is 48.5 Å². The predicted octanol–water partition coefficient (Wildman–Crippen LogP) is 2.58. The summed E-state index contributed by atoms with van der Waals surface area (Å²) in [5.74, 6) is 0.530. The summed E-state index contributed by atoms with van der Waals surface area (Å²) in [6.07, 6.45) is -4.63. The second-order valence-corrected chi connectivity index (χ2v) is 7.03. The zero-order valence-corrected chi connectivity index (χ0v) is 16.6. The minimum atomic E-state index is -1.06. The minimum absolute atomic E-state index is 0.143. The first kappa shape index (κ1) is 20.2. The molecule has 2 heterocycles. The Balaban J connectivity index is 1.45. The Morgan fingerprint density at radius 1 is 1.03 bits per heavy atom. The van der Waals surface area contributed by atoms with E-state index in [9.17, 15) is 5.11 Å². The Labute approximate surface area is 174 Å². The zero-order valence-electron chi connectivity index (χ0n) is 15.7. The Morgan fingerprint density at radius 3 is 2.41 bits per heavy atom. The van der Waals surface area contributed by atoms with Crippen molar-refractivity contribution in [2.45, 2.75) is 37.0 Å². The van der Waals surface area contributed by atoms with Crippen molar-refractivity contribution in [2.24, 2.45) is 0 Å². The summed E-state index contributed by atoms with van der Waals surface area (Å²) in [5, 5.41) is 10.8. The van der Waals surface area contributed by atoms with Gasteiger partial charge in [-0.15, -0.1) is 0 Å². The third kappa shape index (κ3) is 4.58. The Hall–Kier alpha value is -2.07. The first-order chi connectivity index (χ1) is 14.2. The van der Waals surface area contributed by atoms with Crippen molar-refractivity contribution in [3.05, 3.63) is 66.2 Å². The first-order valence-corrected chi connectivity index (χ1v) is 9.68. The molecule has 4 rings (SSSR count). The van der Waals surface area contributed by atoms with Crippen LogP contribution in [-0.2, 0) is 23.7 Å². The molecule has 0 amide bonds. The topological polar surface area (TPSA) is 75.6 Å². The molecule has 1 unspecified atom stereocenters. The third-order valence-corrected chi connectivity index (χ3v) is 4.97. The van der Waals surface area contributed by atoms with Crippen LogP contribution in [0.25, 0.3) is 0 Å². The van der Waals surface area contributed by atoms with Crippen molar-refractivity contribution in [1.82, 2.24) is 0 Å². The molecule has 0 bridgehead atoms. The van der Waals surface area contributed by atoms with Crippen molar-refractivity contribution in [3.8, 4) is 5.75 Å². The van der Waals surface area contributed by atoms with E-state index in [0.29, 0.717) is 5.75 Å². The molecule has 6 atom stereocenters. The van der Waals surface area contributed by atoms with Crippen LogP contribution < -0.4 is 4.74 Å². The van der Waals surface area contributed by atoms with Gasteiger partial charge in [0.2, 0.25) is 0 Å². The largest absolute Gasteiger partial charge is 0.445 e. The van der Waals surface area contributed by atoms with Gasteiger partial charge >= 0.3 is 5.24 Å². The van der Waals surface area contributed by atoms with Gasteiger partial charge in [-0.05, 0) is 12.1 Å². The Bertz CT molecular complexity index is 803. The van der Waals surface area contributed by atoms with Crippen LogP contribution in [0.1, 0.15) is 11.9 Å².